The lowest BCUT2D eigenvalue weighted by molar-refractivity contribution is -0.122. The van der Waals surface area contributed by atoms with Gasteiger partial charge in [-0.3, -0.25) is 4.79 Å². The summed E-state index contributed by atoms with van der Waals surface area (Å²) in [6.07, 6.45) is 0. The predicted molar refractivity (Wildman–Crippen MR) is 50.0 cm³/mol. The van der Waals surface area contributed by atoms with E-state index in [4.69, 9.17) is 0 Å². The van der Waals surface area contributed by atoms with Gasteiger partial charge in [0.25, 0.3) is 0 Å². The number of carbonyl (C=O) groups excluding carboxylic acids is 1. The van der Waals surface area contributed by atoms with Crippen molar-refractivity contribution in [2.24, 2.45) is 0 Å². The van der Waals surface area contributed by atoms with Crippen LogP contribution in [0.4, 0.5) is 0 Å². The summed E-state index contributed by atoms with van der Waals surface area (Å²) in [7, 11) is 0. The molecule has 2 N–H and O–H groups in total. The standard InChI is InChI=1S/C7H16N2OS/c1-3-8-7(10)6(2)9-4-5-11/h6,9,11H,3-5H2,1-2H3,(H,8,10). The van der Waals surface area contributed by atoms with Crippen LogP contribution < -0.4 is 10.6 Å². The Hall–Kier alpha value is -0.220. The van der Waals surface area contributed by atoms with E-state index in [0.29, 0.717) is 6.54 Å². The molecule has 0 bridgehead atoms. The highest BCUT2D eigenvalue weighted by molar-refractivity contribution is 7.80. The monoisotopic (exact) mass is 176 g/mol. The predicted octanol–water partition coefficient (Wildman–Crippen LogP) is 0.0304. The van der Waals surface area contributed by atoms with Gasteiger partial charge in [-0.2, -0.15) is 12.6 Å². The van der Waals surface area contributed by atoms with Gasteiger partial charge in [-0.15, -0.1) is 0 Å². The van der Waals surface area contributed by atoms with Crippen molar-refractivity contribution in [3.8, 4) is 0 Å². The maximum absolute atomic E-state index is 11.1. The third kappa shape index (κ3) is 5.09. The molecule has 0 rings (SSSR count). The summed E-state index contributed by atoms with van der Waals surface area (Å²) in [6, 6.07) is -0.109. The molecule has 0 fully saturated rings. The van der Waals surface area contributed by atoms with Crippen LogP contribution in [-0.2, 0) is 4.79 Å². The Morgan fingerprint density at radius 2 is 2.27 bits per heavy atom. The van der Waals surface area contributed by atoms with E-state index in [1.54, 1.807) is 0 Å². The molecule has 0 aromatic carbocycles. The molecule has 0 spiro atoms. The number of likely N-dealkylation sites (N-methyl/N-ethyl adjacent to an activating group) is 1. The Balaban J connectivity index is 3.46. The van der Waals surface area contributed by atoms with Gasteiger partial charge in [-0.05, 0) is 13.8 Å². The Morgan fingerprint density at radius 3 is 2.73 bits per heavy atom. The lowest BCUT2D eigenvalue weighted by Gasteiger charge is -2.11. The fourth-order valence-electron chi connectivity index (χ4n) is 0.701. The summed E-state index contributed by atoms with van der Waals surface area (Å²) in [5, 5.41) is 5.76. The number of amides is 1. The second-order valence-electron chi connectivity index (χ2n) is 2.29. The number of hydrogen-bond donors (Lipinski definition) is 3. The minimum atomic E-state index is -0.109. The molecule has 3 nitrogen and oxygen atoms in total. The van der Waals surface area contributed by atoms with E-state index >= 15 is 0 Å². The van der Waals surface area contributed by atoms with Crippen LogP contribution in [0.3, 0.4) is 0 Å². The van der Waals surface area contributed by atoms with Gasteiger partial charge >= 0.3 is 0 Å². The Morgan fingerprint density at radius 1 is 1.64 bits per heavy atom. The van der Waals surface area contributed by atoms with E-state index in [1.807, 2.05) is 13.8 Å². The molecule has 0 aromatic rings. The van der Waals surface area contributed by atoms with Gasteiger partial charge in [0.2, 0.25) is 5.91 Å². The van der Waals surface area contributed by atoms with E-state index in [-0.39, 0.29) is 11.9 Å². The molecule has 1 amide bonds. The molecule has 0 heterocycles. The minimum Gasteiger partial charge on any atom is -0.355 e. The molecule has 1 unspecified atom stereocenters. The average molecular weight is 176 g/mol. The molecule has 0 aliphatic rings. The van der Waals surface area contributed by atoms with Crippen LogP contribution in [0, 0.1) is 0 Å². The number of hydrogen-bond acceptors (Lipinski definition) is 3. The summed E-state index contributed by atoms with van der Waals surface area (Å²) in [5.41, 5.74) is 0. The van der Waals surface area contributed by atoms with E-state index in [9.17, 15) is 4.79 Å². The largest absolute Gasteiger partial charge is 0.355 e. The van der Waals surface area contributed by atoms with Crippen molar-refractivity contribution in [3.05, 3.63) is 0 Å². The fourth-order valence-corrected chi connectivity index (χ4v) is 0.830. The zero-order valence-corrected chi connectivity index (χ0v) is 7.95. The number of rotatable bonds is 5. The summed E-state index contributed by atoms with van der Waals surface area (Å²) in [5.74, 6) is 0.804. The average Bonchev–Trinajstić information content (AvgIpc) is 2.00. The van der Waals surface area contributed by atoms with Gasteiger partial charge in [0.1, 0.15) is 0 Å². The van der Waals surface area contributed by atoms with Gasteiger partial charge in [-0.1, -0.05) is 0 Å². The van der Waals surface area contributed by atoms with Crippen LogP contribution in [0.1, 0.15) is 13.8 Å². The van der Waals surface area contributed by atoms with Gasteiger partial charge in [-0.25, -0.2) is 0 Å². The first-order chi connectivity index (χ1) is 5.22. The van der Waals surface area contributed by atoms with Gasteiger partial charge in [0, 0.05) is 18.8 Å². The topological polar surface area (TPSA) is 41.1 Å². The van der Waals surface area contributed by atoms with Crippen molar-refractivity contribution in [1.82, 2.24) is 10.6 Å². The molecule has 0 radical (unpaired) electrons. The van der Waals surface area contributed by atoms with Crippen molar-refractivity contribution in [2.75, 3.05) is 18.8 Å². The second-order valence-corrected chi connectivity index (χ2v) is 2.74. The Kier molecular flexibility index (Phi) is 6.36. The maximum atomic E-state index is 11.1. The molecular formula is C7H16N2OS. The van der Waals surface area contributed by atoms with Crippen molar-refractivity contribution < 1.29 is 4.79 Å². The summed E-state index contributed by atoms with van der Waals surface area (Å²) in [6.45, 7) is 5.20. The lowest BCUT2D eigenvalue weighted by atomic mass is 10.3. The van der Waals surface area contributed by atoms with Crippen molar-refractivity contribution in [1.29, 1.82) is 0 Å². The minimum absolute atomic E-state index is 0.0503. The second kappa shape index (κ2) is 6.49. The van der Waals surface area contributed by atoms with E-state index in [1.165, 1.54) is 0 Å². The zero-order valence-electron chi connectivity index (χ0n) is 7.05. The quantitative estimate of drug-likeness (QED) is 0.517. The van der Waals surface area contributed by atoms with Crippen LogP contribution >= 0.6 is 12.6 Å². The van der Waals surface area contributed by atoms with Crippen molar-refractivity contribution in [2.45, 2.75) is 19.9 Å². The van der Waals surface area contributed by atoms with E-state index in [0.717, 1.165) is 12.3 Å². The highest BCUT2D eigenvalue weighted by Gasteiger charge is 2.08. The Labute approximate surface area is 73.3 Å². The molecule has 66 valence electrons. The lowest BCUT2D eigenvalue weighted by Crippen LogP contribution is -2.42. The van der Waals surface area contributed by atoms with Crippen LogP contribution in [0.2, 0.25) is 0 Å². The molecule has 0 saturated heterocycles. The highest BCUT2D eigenvalue weighted by atomic mass is 32.1. The van der Waals surface area contributed by atoms with Crippen LogP contribution in [0.25, 0.3) is 0 Å². The van der Waals surface area contributed by atoms with E-state index < -0.39 is 0 Å². The first kappa shape index (κ1) is 10.8. The van der Waals surface area contributed by atoms with Crippen molar-refractivity contribution >= 4 is 18.5 Å². The smallest absolute Gasteiger partial charge is 0.236 e. The molecular weight excluding hydrogens is 160 g/mol. The van der Waals surface area contributed by atoms with E-state index in [2.05, 4.69) is 23.3 Å². The normalized spacial score (nSPS) is 12.6. The maximum Gasteiger partial charge on any atom is 0.236 e. The molecule has 1 atom stereocenters. The van der Waals surface area contributed by atoms with Gasteiger partial charge in [0.05, 0.1) is 6.04 Å². The highest BCUT2D eigenvalue weighted by Crippen LogP contribution is 1.81. The molecule has 0 aliphatic heterocycles. The fraction of sp³-hybridized carbons (Fsp3) is 0.857. The van der Waals surface area contributed by atoms with Gasteiger partial charge < -0.3 is 10.6 Å². The number of carbonyl (C=O) groups is 1. The molecule has 0 aromatic heterocycles. The molecule has 4 heteroatoms. The zero-order chi connectivity index (χ0) is 8.69. The number of nitrogens with one attached hydrogen (secondary N) is 2. The summed E-state index contributed by atoms with van der Waals surface area (Å²) in [4.78, 5) is 11.1. The number of thiol groups is 1. The van der Waals surface area contributed by atoms with Crippen LogP contribution in [-0.4, -0.2) is 30.8 Å². The molecule has 0 saturated carbocycles. The third-order valence-corrected chi connectivity index (χ3v) is 1.53. The summed E-state index contributed by atoms with van der Waals surface area (Å²) < 4.78 is 0. The van der Waals surface area contributed by atoms with Crippen molar-refractivity contribution in [3.63, 3.8) is 0 Å². The summed E-state index contributed by atoms with van der Waals surface area (Å²) >= 11 is 4.02. The Bertz CT molecular complexity index is 119. The van der Waals surface area contributed by atoms with Crippen LogP contribution in [0.5, 0.6) is 0 Å². The molecule has 0 aliphatic carbocycles. The SMILES string of the molecule is CCNC(=O)C(C)NCCS. The van der Waals surface area contributed by atoms with Gasteiger partial charge in [0.15, 0.2) is 0 Å². The third-order valence-electron chi connectivity index (χ3n) is 1.31. The first-order valence-electron chi connectivity index (χ1n) is 3.84. The first-order valence-corrected chi connectivity index (χ1v) is 4.47. The molecule has 11 heavy (non-hydrogen) atoms. The van der Waals surface area contributed by atoms with Crippen LogP contribution in [0.15, 0.2) is 0 Å².